The Morgan fingerprint density at radius 2 is 1.91 bits per heavy atom. The predicted molar refractivity (Wildman–Crippen MR) is 50.7 cm³/mol. The van der Waals surface area contributed by atoms with Crippen molar-refractivity contribution in [3.05, 3.63) is 11.6 Å². The van der Waals surface area contributed by atoms with Gasteiger partial charge in [-0.25, -0.2) is 0 Å². The van der Waals surface area contributed by atoms with Crippen LogP contribution in [0.1, 0.15) is 58.3 Å². The van der Waals surface area contributed by atoms with Gasteiger partial charge in [0, 0.05) is 0 Å². The molecular weight excluding hydrogens is 132 g/mol. The molecule has 0 saturated heterocycles. The van der Waals surface area contributed by atoms with Crippen LogP contribution >= 0.6 is 0 Å². The average molecular weight is 152 g/mol. The normalized spacial score (nSPS) is 17.4. The first kappa shape index (κ1) is 8.83. The van der Waals surface area contributed by atoms with Gasteiger partial charge in [0.05, 0.1) is 0 Å². The second kappa shape index (κ2) is 5.40. The van der Waals surface area contributed by atoms with Crippen molar-refractivity contribution in [2.24, 2.45) is 0 Å². The van der Waals surface area contributed by atoms with E-state index in [0.717, 1.165) is 0 Å². The average Bonchev–Trinajstić information content (AvgIpc) is 2.50. The molecule has 0 spiro atoms. The van der Waals surface area contributed by atoms with Crippen LogP contribution in [-0.4, -0.2) is 0 Å². The Kier molecular flexibility index (Phi) is 4.33. The molecule has 0 aliphatic heterocycles. The van der Waals surface area contributed by atoms with Gasteiger partial charge in [0.2, 0.25) is 0 Å². The summed E-state index contributed by atoms with van der Waals surface area (Å²) in [5.41, 5.74) is 1.74. The maximum Gasteiger partial charge on any atom is -0.0320 e. The van der Waals surface area contributed by atoms with Crippen molar-refractivity contribution in [2.75, 3.05) is 0 Å². The fourth-order valence-corrected chi connectivity index (χ4v) is 1.73. The minimum Gasteiger partial charge on any atom is -0.0853 e. The van der Waals surface area contributed by atoms with Crippen LogP contribution < -0.4 is 0 Å². The van der Waals surface area contributed by atoms with Crippen LogP contribution in [0.25, 0.3) is 0 Å². The highest BCUT2D eigenvalue weighted by Gasteiger charge is 2.04. The molecule has 0 atom stereocenters. The van der Waals surface area contributed by atoms with Gasteiger partial charge >= 0.3 is 0 Å². The maximum atomic E-state index is 2.49. The molecule has 1 aliphatic carbocycles. The Morgan fingerprint density at radius 3 is 2.55 bits per heavy atom. The fraction of sp³-hybridized carbons (Fsp3) is 0.818. The first-order chi connectivity index (χ1) is 5.43. The monoisotopic (exact) mass is 152 g/mol. The maximum absolute atomic E-state index is 2.49. The van der Waals surface area contributed by atoms with Crippen molar-refractivity contribution in [3.8, 4) is 0 Å². The highest BCUT2D eigenvalue weighted by molar-refractivity contribution is 5.05. The zero-order chi connectivity index (χ0) is 7.94. The second-order valence-electron chi connectivity index (χ2n) is 3.57. The van der Waals surface area contributed by atoms with Crippen LogP contribution in [0.5, 0.6) is 0 Å². The molecule has 0 aromatic carbocycles. The molecule has 1 fully saturated rings. The molecule has 0 unspecified atom stereocenters. The Balaban J connectivity index is 2.03. The van der Waals surface area contributed by atoms with E-state index in [2.05, 4.69) is 13.0 Å². The zero-order valence-electron chi connectivity index (χ0n) is 7.73. The van der Waals surface area contributed by atoms with Crippen LogP contribution in [0.3, 0.4) is 0 Å². The zero-order valence-corrected chi connectivity index (χ0v) is 7.73. The largest absolute Gasteiger partial charge is 0.0853 e. The van der Waals surface area contributed by atoms with Crippen molar-refractivity contribution < 1.29 is 0 Å². The second-order valence-corrected chi connectivity index (χ2v) is 3.57. The van der Waals surface area contributed by atoms with Gasteiger partial charge in [-0.3, -0.25) is 0 Å². The van der Waals surface area contributed by atoms with Gasteiger partial charge in [-0.1, -0.05) is 31.4 Å². The van der Waals surface area contributed by atoms with Crippen LogP contribution in [0.4, 0.5) is 0 Å². The van der Waals surface area contributed by atoms with Gasteiger partial charge in [0.25, 0.3) is 0 Å². The SMILES string of the molecule is CCCCCC=C1CCCC1. The Morgan fingerprint density at radius 1 is 1.18 bits per heavy atom. The third-order valence-electron chi connectivity index (χ3n) is 2.49. The van der Waals surface area contributed by atoms with Crippen molar-refractivity contribution in [1.82, 2.24) is 0 Å². The number of hydrogen-bond acceptors (Lipinski definition) is 0. The standard InChI is InChI=1S/C11H20/c1-2-3-4-5-8-11-9-6-7-10-11/h8H,2-7,9-10H2,1H3. The molecule has 0 aromatic heterocycles. The summed E-state index contributed by atoms with van der Waals surface area (Å²) in [5, 5.41) is 0. The number of allylic oxidation sites excluding steroid dienone is 2. The predicted octanol–water partition coefficient (Wildman–Crippen LogP) is 4.07. The van der Waals surface area contributed by atoms with E-state index in [-0.39, 0.29) is 0 Å². The lowest BCUT2D eigenvalue weighted by Gasteiger charge is -1.95. The van der Waals surface area contributed by atoms with Crippen LogP contribution in [0.2, 0.25) is 0 Å². The first-order valence-electron chi connectivity index (χ1n) is 5.11. The molecule has 0 nitrogen and oxygen atoms in total. The number of unbranched alkanes of at least 4 members (excludes halogenated alkanes) is 3. The van der Waals surface area contributed by atoms with Crippen molar-refractivity contribution >= 4 is 0 Å². The fourth-order valence-electron chi connectivity index (χ4n) is 1.73. The quantitative estimate of drug-likeness (QED) is 0.421. The summed E-state index contributed by atoms with van der Waals surface area (Å²) in [5.74, 6) is 0. The molecule has 0 heterocycles. The molecule has 0 heteroatoms. The van der Waals surface area contributed by atoms with E-state index in [1.54, 1.807) is 5.57 Å². The van der Waals surface area contributed by atoms with Gasteiger partial charge in [0.15, 0.2) is 0 Å². The minimum absolute atomic E-state index is 1.34. The molecule has 0 aromatic rings. The summed E-state index contributed by atoms with van der Waals surface area (Å²) in [7, 11) is 0. The van der Waals surface area contributed by atoms with E-state index in [4.69, 9.17) is 0 Å². The lowest BCUT2D eigenvalue weighted by molar-refractivity contribution is 0.726. The highest BCUT2D eigenvalue weighted by atomic mass is 14.1. The summed E-state index contributed by atoms with van der Waals surface area (Å²) in [6.45, 7) is 2.27. The lowest BCUT2D eigenvalue weighted by Crippen LogP contribution is -1.75. The Bertz CT molecular complexity index is 114. The molecule has 1 saturated carbocycles. The third-order valence-corrected chi connectivity index (χ3v) is 2.49. The molecule has 0 N–H and O–H groups in total. The molecular formula is C11H20. The van der Waals surface area contributed by atoms with E-state index in [0.29, 0.717) is 0 Å². The van der Waals surface area contributed by atoms with E-state index in [1.165, 1.54) is 51.4 Å². The molecule has 0 radical (unpaired) electrons. The third kappa shape index (κ3) is 3.60. The Labute approximate surface area is 70.7 Å². The molecule has 64 valence electrons. The Hall–Kier alpha value is -0.260. The molecule has 11 heavy (non-hydrogen) atoms. The summed E-state index contributed by atoms with van der Waals surface area (Å²) in [6.07, 6.45) is 13.7. The van der Waals surface area contributed by atoms with E-state index in [1.807, 2.05) is 0 Å². The van der Waals surface area contributed by atoms with Crippen molar-refractivity contribution in [2.45, 2.75) is 58.3 Å². The summed E-state index contributed by atoms with van der Waals surface area (Å²) in [6, 6.07) is 0. The van der Waals surface area contributed by atoms with E-state index in [9.17, 15) is 0 Å². The van der Waals surface area contributed by atoms with E-state index < -0.39 is 0 Å². The van der Waals surface area contributed by atoms with Crippen molar-refractivity contribution in [1.29, 1.82) is 0 Å². The highest BCUT2D eigenvalue weighted by Crippen LogP contribution is 2.24. The van der Waals surface area contributed by atoms with Gasteiger partial charge in [-0.2, -0.15) is 0 Å². The van der Waals surface area contributed by atoms with Crippen LogP contribution in [0.15, 0.2) is 11.6 Å². The van der Waals surface area contributed by atoms with Gasteiger partial charge < -0.3 is 0 Å². The minimum atomic E-state index is 1.34. The number of hydrogen-bond donors (Lipinski definition) is 0. The van der Waals surface area contributed by atoms with Crippen LogP contribution in [-0.2, 0) is 0 Å². The van der Waals surface area contributed by atoms with Gasteiger partial charge in [-0.05, 0) is 38.5 Å². The molecule has 1 rings (SSSR count). The van der Waals surface area contributed by atoms with Gasteiger partial charge in [0.1, 0.15) is 0 Å². The summed E-state index contributed by atoms with van der Waals surface area (Å²) < 4.78 is 0. The molecule has 0 amide bonds. The summed E-state index contributed by atoms with van der Waals surface area (Å²) in [4.78, 5) is 0. The lowest BCUT2D eigenvalue weighted by atomic mass is 10.1. The smallest absolute Gasteiger partial charge is 0.0320 e. The number of rotatable bonds is 4. The van der Waals surface area contributed by atoms with Crippen molar-refractivity contribution in [3.63, 3.8) is 0 Å². The van der Waals surface area contributed by atoms with Crippen LogP contribution in [0, 0.1) is 0 Å². The molecule has 0 bridgehead atoms. The summed E-state index contributed by atoms with van der Waals surface area (Å²) >= 11 is 0. The molecule has 1 aliphatic rings. The van der Waals surface area contributed by atoms with E-state index >= 15 is 0 Å². The van der Waals surface area contributed by atoms with Gasteiger partial charge in [-0.15, -0.1) is 0 Å². The first-order valence-corrected chi connectivity index (χ1v) is 5.11. The topological polar surface area (TPSA) is 0 Å².